The molecule has 0 aliphatic heterocycles. The van der Waals surface area contributed by atoms with Crippen LogP contribution in [-0.2, 0) is 17.9 Å². The molecule has 1 saturated carbocycles. The minimum Gasteiger partial charge on any atom is -0.370 e. The molecule has 0 amide bonds. The van der Waals surface area contributed by atoms with Gasteiger partial charge in [-0.1, -0.05) is 24.9 Å². The molecular weight excluding hydrogens is 216 g/mol. The fourth-order valence-corrected chi connectivity index (χ4v) is 2.16. The molecule has 0 saturated heterocycles. The lowest BCUT2D eigenvalue weighted by Gasteiger charge is -2.08. The predicted octanol–water partition coefficient (Wildman–Crippen LogP) is 2.63. The van der Waals surface area contributed by atoms with Crippen LogP contribution >= 0.6 is 0 Å². The molecule has 0 aromatic carbocycles. The maximum Gasteiger partial charge on any atom is 0.162 e. The highest BCUT2D eigenvalue weighted by atomic mass is 16.5. The van der Waals surface area contributed by atoms with Crippen LogP contribution in [0, 0.1) is 0 Å². The van der Waals surface area contributed by atoms with Crippen molar-refractivity contribution in [2.75, 3.05) is 6.54 Å². The topological polar surface area (TPSA) is 47.3 Å². The van der Waals surface area contributed by atoms with Gasteiger partial charge >= 0.3 is 0 Å². The molecule has 1 N–H and O–H groups in total. The lowest BCUT2D eigenvalue weighted by Crippen LogP contribution is -2.13. The molecule has 1 aliphatic rings. The minimum absolute atomic E-state index is 0.432. The molecule has 0 atom stereocenters. The largest absolute Gasteiger partial charge is 0.370 e. The van der Waals surface area contributed by atoms with Crippen molar-refractivity contribution < 1.29 is 9.26 Å². The van der Waals surface area contributed by atoms with Crippen LogP contribution in [0.15, 0.2) is 10.6 Å². The number of rotatable bonds is 7. The SMILES string of the molecule is CCCNCc1cc(COC2CCCC2)on1. The standard InChI is InChI=1S/C13H22N2O2/c1-2-7-14-9-11-8-13(17-15-11)10-16-12-5-3-4-6-12/h8,12,14H,2-7,9-10H2,1H3. The van der Waals surface area contributed by atoms with Gasteiger partial charge in [0, 0.05) is 12.6 Å². The van der Waals surface area contributed by atoms with Crippen molar-refractivity contribution in [3.05, 3.63) is 17.5 Å². The van der Waals surface area contributed by atoms with Crippen molar-refractivity contribution in [2.45, 2.75) is 58.3 Å². The van der Waals surface area contributed by atoms with Crippen LogP contribution in [0.4, 0.5) is 0 Å². The normalized spacial score (nSPS) is 16.8. The molecule has 1 aromatic heterocycles. The minimum atomic E-state index is 0.432. The fraction of sp³-hybridized carbons (Fsp3) is 0.769. The summed E-state index contributed by atoms with van der Waals surface area (Å²) >= 11 is 0. The number of ether oxygens (including phenoxy) is 1. The predicted molar refractivity (Wildman–Crippen MR) is 65.5 cm³/mol. The van der Waals surface area contributed by atoms with E-state index in [4.69, 9.17) is 9.26 Å². The number of nitrogens with zero attached hydrogens (tertiary/aromatic N) is 1. The summed E-state index contributed by atoms with van der Waals surface area (Å²) in [5.74, 6) is 0.838. The Morgan fingerprint density at radius 3 is 3.06 bits per heavy atom. The van der Waals surface area contributed by atoms with Gasteiger partial charge in [0.1, 0.15) is 6.61 Å². The summed E-state index contributed by atoms with van der Waals surface area (Å²) in [6, 6.07) is 1.98. The Morgan fingerprint density at radius 1 is 1.47 bits per heavy atom. The molecule has 96 valence electrons. The zero-order valence-electron chi connectivity index (χ0n) is 10.6. The first-order valence-corrected chi connectivity index (χ1v) is 6.65. The van der Waals surface area contributed by atoms with Crippen LogP contribution < -0.4 is 5.32 Å². The van der Waals surface area contributed by atoms with Crippen LogP contribution in [0.2, 0.25) is 0 Å². The van der Waals surface area contributed by atoms with Crippen molar-refractivity contribution in [2.24, 2.45) is 0 Å². The molecule has 0 spiro atoms. The highest BCUT2D eigenvalue weighted by Crippen LogP contribution is 2.22. The van der Waals surface area contributed by atoms with Crippen molar-refractivity contribution in [3.63, 3.8) is 0 Å². The second-order valence-electron chi connectivity index (χ2n) is 4.68. The van der Waals surface area contributed by atoms with Gasteiger partial charge in [-0.25, -0.2) is 0 Å². The lowest BCUT2D eigenvalue weighted by atomic mass is 10.3. The average Bonchev–Trinajstić information content (AvgIpc) is 2.98. The third-order valence-electron chi connectivity index (χ3n) is 3.10. The first-order valence-electron chi connectivity index (χ1n) is 6.65. The van der Waals surface area contributed by atoms with E-state index in [0.29, 0.717) is 12.7 Å². The van der Waals surface area contributed by atoms with Crippen molar-refractivity contribution in [1.82, 2.24) is 10.5 Å². The van der Waals surface area contributed by atoms with E-state index in [-0.39, 0.29) is 0 Å². The van der Waals surface area contributed by atoms with Gasteiger partial charge in [-0.2, -0.15) is 0 Å². The highest BCUT2D eigenvalue weighted by Gasteiger charge is 2.16. The Hall–Kier alpha value is -0.870. The zero-order chi connectivity index (χ0) is 11.9. The fourth-order valence-electron chi connectivity index (χ4n) is 2.16. The van der Waals surface area contributed by atoms with Gasteiger partial charge in [0.15, 0.2) is 5.76 Å². The van der Waals surface area contributed by atoms with Crippen LogP contribution in [0.25, 0.3) is 0 Å². The monoisotopic (exact) mass is 238 g/mol. The molecule has 1 heterocycles. The number of hydrogen-bond donors (Lipinski definition) is 1. The van der Waals surface area contributed by atoms with Crippen molar-refractivity contribution in [1.29, 1.82) is 0 Å². The molecule has 4 nitrogen and oxygen atoms in total. The zero-order valence-corrected chi connectivity index (χ0v) is 10.6. The van der Waals surface area contributed by atoms with E-state index in [2.05, 4.69) is 17.4 Å². The summed E-state index contributed by atoms with van der Waals surface area (Å²) in [5, 5.41) is 7.31. The third kappa shape index (κ3) is 4.13. The molecule has 0 unspecified atom stereocenters. The van der Waals surface area contributed by atoms with Gasteiger partial charge in [0.05, 0.1) is 11.8 Å². The van der Waals surface area contributed by atoms with Crippen LogP contribution in [0.5, 0.6) is 0 Å². The second-order valence-corrected chi connectivity index (χ2v) is 4.68. The highest BCUT2D eigenvalue weighted by molar-refractivity contribution is 5.04. The van der Waals surface area contributed by atoms with E-state index < -0.39 is 0 Å². The quantitative estimate of drug-likeness (QED) is 0.742. The molecule has 17 heavy (non-hydrogen) atoms. The van der Waals surface area contributed by atoms with Crippen molar-refractivity contribution in [3.8, 4) is 0 Å². The molecule has 1 fully saturated rings. The summed E-state index contributed by atoms with van der Waals surface area (Å²) in [4.78, 5) is 0. The maximum atomic E-state index is 5.77. The molecule has 0 radical (unpaired) electrons. The molecule has 2 rings (SSSR count). The molecule has 1 aliphatic carbocycles. The van der Waals surface area contributed by atoms with E-state index >= 15 is 0 Å². The van der Waals surface area contributed by atoms with E-state index in [1.807, 2.05) is 6.07 Å². The van der Waals surface area contributed by atoms with Crippen LogP contribution in [-0.4, -0.2) is 17.8 Å². The number of nitrogens with one attached hydrogen (secondary N) is 1. The smallest absolute Gasteiger partial charge is 0.162 e. The molecule has 1 aromatic rings. The number of hydrogen-bond acceptors (Lipinski definition) is 4. The first kappa shape index (κ1) is 12.6. The third-order valence-corrected chi connectivity index (χ3v) is 3.10. The lowest BCUT2D eigenvalue weighted by molar-refractivity contribution is 0.0330. The summed E-state index contributed by atoms with van der Waals surface area (Å²) in [7, 11) is 0. The van der Waals surface area contributed by atoms with Crippen LogP contribution in [0.1, 0.15) is 50.5 Å². The Bertz CT molecular complexity index is 319. The average molecular weight is 238 g/mol. The van der Waals surface area contributed by atoms with E-state index in [1.54, 1.807) is 0 Å². The van der Waals surface area contributed by atoms with Gasteiger partial charge < -0.3 is 14.6 Å². The van der Waals surface area contributed by atoms with Gasteiger partial charge in [-0.05, 0) is 25.8 Å². The van der Waals surface area contributed by atoms with E-state index in [0.717, 1.165) is 31.0 Å². The summed E-state index contributed by atoms with van der Waals surface area (Å²) in [5.41, 5.74) is 0.962. The van der Waals surface area contributed by atoms with E-state index in [1.165, 1.54) is 25.7 Å². The Kier molecular flexibility index (Phi) is 5.01. The Morgan fingerprint density at radius 2 is 2.29 bits per heavy atom. The summed E-state index contributed by atoms with van der Waals surface area (Å²) < 4.78 is 11.0. The molecular formula is C13H22N2O2. The summed E-state index contributed by atoms with van der Waals surface area (Å²) in [6.07, 6.45) is 6.55. The van der Waals surface area contributed by atoms with Gasteiger partial charge in [0.2, 0.25) is 0 Å². The molecule has 0 bridgehead atoms. The first-order chi connectivity index (χ1) is 8.38. The Labute approximate surface area is 103 Å². The van der Waals surface area contributed by atoms with E-state index in [9.17, 15) is 0 Å². The van der Waals surface area contributed by atoms with Gasteiger partial charge in [-0.3, -0.25) is 0 Å². The summed E-state index contributed by atoms with van der Waals surface area (Å²) in [6.45, 7) is 4.50. The van der Waals surface area contributed by atoms with Gasteiger partial charge in [-0.15, -0.1) is 0 Å². The van der Waals surface area contributed by atoms with Crippen molar-refractivity contribution >= 4 is 0 Å². The van der Waals surface area contributed by atoms with Gasteiger partial charge in [0.25, 0.3) is 0 Å². The molecule has 4 heteroatoms. The maximum absolute atomic E-state index is 5.77. The number of aromatic nitrogens is 1. The Balaban J connectivity index is 1.69. The second kappa shape index (κ2) is 6.77. The van der Waals surface area contributed by atoms with Crippen LogP contribution in [0.3, 0.4) is 0 Å².